The summed E-state index contributed by atoms with van der Waals surface area (Å²) < 4.78 is 23.5. The molecule has 24 heavy (non-hydrogen) atoms. The van der Waals surface area contributed by atoms with Gasteiger partial charge in [0, 0.05) is 6.42 Å². The second-order valence-electron chi connectivity index (χ2n) is 5.53. The summed E-state index contributed by atoms with van der Waals surface area (Å²) in [6.45, 7) is 2.77. The Balaban J connectivity index is 1.68. The van der Waals surface area contributed by atoms with Crippen molar-refractivity contribution in [3.05, 3.63) is 59.9 Å². The number of carbonyl (C=O) groups is 1. The predicted molar refractivity (Wildman–Crippen MR) is 90.9 cm³/mol. The molecule has 128 valence electrons. The summed E-state index contributed by atoms with van der Waals surface area (Å²) >= 11 is 0. The molecule has 0 aliphatic heterocycles. The monoisotopic (exact) mass is 331 g/mol. The molecule has 1 amide bonds. The molecule has 0 bridgehead atoms. The number of amides is 1. The number of halogens is 1. The van der Waals surface area contributed by atoms with E-state index in [0.717, 1.165) is 17.1 Å². The number of benzene rings is 2. The van der Waals surface area contributed by atoms with Crippen LogP contribution in [-0.4, -0.2) is 26.2 Å². The average molecular weight is 331 g/mol. The van der Waals surface area contributed by atoms with Crippen molar-refractivity contribution >= 4 is 5.91 Å². The lowest BCUT2D eigenvalue weighted by Crippen LogP contribution is -2.28. The van der Waals surface area contributed by atoms with Crippen molar-refractivity contribution < 1.29 is 18.7 Å². The third-order valence-corrected chi connectivity index (χ3v) is 3.68. The van der Waals surface area contributed by atoms with Gasteiger partial charge in [0.25, 0.3) is 0 Å². The Morgan fingerprint density at radius 1 is 1.08 bits per heavy atom. The Hall–Kier alpha value is -2.56. The zero-order valence-electron chi connectivity index (χ0n) is 13.9. The minimum atomic E-state index is -0.272. The third kappa shape index (κ3) is 5.57. The number of hydrogen-bond acceptors (Lipinski definition) is 3. The first-order valence-electron chi connectivity index (χ1n) is 7.87. The van der Waals surface area contributed by atoms with Gasteiger partial charge in [-0.3, -0.25) is 4.79 Å². The molecule has 2 aromatic rings. The van der Waals surface area contributed by atoms with Crippen molar-refractivity contribution in [3.8, 4) is 11.5 Å². The average Bonchev–Trinajstić information content (AvgIpc) is 2.59. The predicted octanol–water partition coefficient (Wildman–Crippen LogP) is 3.52. The van der Waals surface area contributed by atoms with Gasteiger partial charge >= 0.3 is 0 Å². The maximum Gasteiger partial charge on any atom is 0.220 e. The fraction of sp³-hybridized carbons (Fsp3) is 0.316. The van der Waals surface area contributed by atoms with Gasteiger partial charge in [0.2, 0.25) is 5.91 Å². The summed E-state index contributed by atoms with van der Waals surface area (Å²) in [5, 5.41) is 2.82. The van der Waals surface area contributed by atoms with Crippen LogP contribution in [0.4, 0.5) is 4.39 Å². The number of rotatable bonds is 8. The summed E-state index contributed by atoms with van der Waals surface area (Å²) in [6.07, 6.45) is 0.355. The number of hydrogen-bond donors (Lipinski definition) is 1. The topological polar surface area (TPSA) is 47.6 Å². The zero-order chi connectivity index (χ0) is 17.4. The second kappa shape index (κ2) is 8.91. The highest BCUT2D eigenvalue weighted by Gasteiger charge is 2.11. The van der Waals surface area contributed by atoms with Gasteiger partial charge in [-0.1, -0.05) is 19.1 Å². The first kappa shape index (κ1) is 17.8. The van der Waals surface area contributed by atoms with E-state index in [4.69, 9.17) is 9.47 Å². The molecule has 1 N–H and O–H groups in total. The molecule has 0 saturated carbocycles. The van der Waals surface area contributed by atoms with E-state index in [1.54, 1.807) is 19.2 Å². The highest BCUT2D eigenvalue weighted by Crippen LogP contribution is 2.19. The Morgan fingerprint density at radius 2 is 1.71 bits per heavy atom. The zero-order valence-corrected chi connectivity index (χ0v) is 13.9. The van der Waals surface area contributed by atoms with Gasteiger partial charge in [-0.15, -0.1) is 0 Å². The highest BCUT2D eigenvalue weighted by atomic mass is 19.1. The molecule has 2 rings (SSSR count). The number of nitrogens with one attached hydrogen (secondary N) is 1. The van der Waals surface area contributed by atoms with Gasteiger partial charge in [0.15, 0.2) is 0 Å². The maximum absolute atomic E-state index is 12.9. The molecule has 1 atom stereocenters. The van der Waals surface area contributed by atoms with E-state index >= 15 is 0 Å². The van der Waals surface area contributed by atoms with Crippen LogP contribution in [0.1, 0.15) is 24.8 Å². The molecule has 0 spiro atoms. The first-order chi connectivity index (χ1) is 11.6. The van der Waals surface area contributed by atoms with E-state index in [0.29, 0.717) is 19.6 Å². The fourth-order valence-corrected chi connectivity index (χ4v) is 2.29. The molecular formula is C19H22FNO3. The molecule has 4 nitrogen and oxygen atoms in total. The summed E-state index contributed by atoms with van der Waals surface area (Å²) in [6, 6.07) is 13.5. The summed E-state index contributed by atoms with van der Waals surface area (Å²) in [5.74, 6) is 1.21. The van der Waals surface area contributed by atoms with Crippen molar-refractivity contribution in [1.29, 1.82) is 0 Å². The standard InChI is InChI=1S/C19H22FNO3/c1-14(15-3-5-16(20)6-4-15)13-19(22)21-11-12-24-18-9-7-17(23-2)8-10-18/h3-10,14H,11-13H2,1-2H3,(H,21,22). The molecule has 0 saturated heterocycles. The number of carbonyl (C=O) groups excluding carboxylic acids is 1. The van der Waals surface area contributed by atoms with E-state index < -0.39 is 0 Å². The molecular weight excluding hydrogens is 309 g/mol. The molecule has 0 radical (unpaired) electrons. The third-order valence-electron chi connectivity index (χ3n) is 3.68. The molecule has 0 aliphatic rings. The molecule has 2 aromatic carbocycles. The van der Waals surface area contributed by atoms with Crippen LogP contribution in [-0.2, 0) is 4.79 Å². The maximum atomic E-state index is 12.9. The fourth-order valence-electron chi connectivity index (χ4n) is 2.29. The summed E-state index contributed by atoms with van der Waals surface area (Å²) in [5.41, 5.74) is 0.945. The minimum absolute atomic E-state index is 0.0353. The van der Waals surface area contributed by atoms with Crippen LogP contribution in [0.25, 0.3) is 0 Å². The smallest absolute Gasteiger partial charge is 0.220 e. The van der Waals surface area contributed by atoms with Crippen LogP contribution in [0, 0.1) is 5.82 Å². The van der Waals surface area contributed by atoms with E-state index in [-0.39, 0.29) is 17.6 Å². The first-order valence-corrected chi connectivity index (χ1v) is 7.87. The van der Waals surface area contributed by atoms with Crippen LogP contribution in [0.3, 0.4) is 0 Å². The van der Waals surface area contributed by atoms with E-state index in [9.17, 15) is 9.18 Å². The Morgan fingerprint density at radius 3 is 2.33 bits per heavy atom. The lowest BCUT2D eigenvalue weighted by molar-refractivity contribution is -0.121. The van der Waals surface area contributed by atoms with Crippen LogP contribution in [0.2, 0.25) is 0 Å². The van der Waals surface area contributed by atoms with Crippen LogP contribution in [0.15, 0.2) is 48.5 Å². The van der Waals surface area contributed by atoms with E-state index in [1.807, 2.05) is 31.2 Å². The Bertz CT molecular complexity index is 641. The van der Waals surface area contributed by atoms with Crippen molar-refractivity contribution in [3.63, 3.8) is 0 Å². The van der Waals surface area contributed by atoms with Gasteiger partial charge < -0.3 is 14.8 Å². The van der Waals surface area contributed by atoms with Gasteiger partial charge in [-0.2, -0.15) is 0 Å². The summed E-state index contributed by atoms with van der Waals surface area (Å²) in [4.78, 5) is 11.9. The van der Waals surface area contributed by atoms with Gasteiger partial charge in [0.05, 0.1) is 13.7 Å². The quantitative estimate of drug-likeness (QED) is 0.753. The van der Waals surface area contributed by atoms with Crippen molar-refractivity contribution in [1.82, 2.24) is 5.32 Å². The molecule has 0 heterocycles. The van der Waals surface area contributed by atoms with E-state index in [2.05, 4.69) is 5.32 Å². The van der Waals surface area contributed by atoms with Gasteiger partial charge in [0.1, 0.15) is 23.9 Å². The van der Waals surface area contributed by atoms with Crippen molar-refractivity contribution in [2.45, 2.75) is 19.3 Å². The largest absolute Gasteiger partial charge is 0.497 e. The molecule has 0 aromatic heterocycles. The normalized spacial score (nSPS) is 11.6. The Labute approximate surface area is 141 Å². The second-order valence-corrected chi connectivity index (χ2v) is 5.53. The minimum Gasteiger partial charge on any atom is -0.497 e. The SMILES string of the molecule is COc1ccc(OCCNC(=O)CC(C)c2ccc(F)cc2)cc1. The molecule has 0 fully saturated rings. The van der Waals surface area contributed by atoms with E-state index in [1.165, 1.54) is 12.1 Å². The van der Waals surface area contributed by atoms with Crippen LogP contribution < -0.4 is 14.8 Å². The van der Waals surface area contributed by atoms with Gasteiger partial charge in [-0.05, 0) is 47.9 Å². The van der Waals surface area contributed by atoms with Crippen LogP contribution in [0.5, 0.6) is 11.5 Å². The molecule has 1 unspecified atom stereocenters. The Kier molecular flexibility index (Phi) is 6.61. The number of methoxy groups -OCH3 is 1. The molecule has 5 heteroatoms. The van der Waals surface area contributed by atoms with Crippen molar-refractivity contribution in [2.75, 3.05) is 20.3 Å². The lowest BCUT2D eigenvalue weighted by atomic mass is 9.97. The molecule has 0 aliphatic carbocycles. The van der Waals surface area contributed by atoms with Crippen molar-refractivity contribution in [2.24, 2.45) is 0 Å². The highest BCUT2D eigenvalue weighted by molar-refractivity contribution is 5.76. The van der Waals surface area contributed by atoms with Gasteiger partial charge in [-0.25, -0.2) is 4.39 Å². The number of ether oxygens (including phenoxy) is 2. The van der Waals surface area contributed by atoms with Crippen LogP contribution >= 0.6 is 0 Å². The lowest BCUT2D eigenvalue weighted by Gasteiger charge is -2.12. The summed E-state index contributed by atoms with van der Waals surface area (Å²) in [7, 11) is 1.61.